The summed E-state index contributed by atoms with van der Waals surface area (Å²) in [6.45, 7) is 4.64. The van der Waals surface area contributed by atoms with Gasteiger partial charge in [0.25, 0.3) is 0 Å². The maximum Gasteiger partial charge on any atom is 0.231 e. The smallest absolute Gasteiger partial charge is 0.231 e. The summed E-state index contributed by atoms with van der Waals surface area (Å²) in [7, 11) is 0. The van der Waals surface area contributed by atoms with Gasteiger partial charge in [-0.1, -0.05) is 0 Å². The van der Waals surface area contributed by atoms with Crippen LogP contribution in [0.25, 0.3) is 0 Å². The van der Waals surface area contributed by atoms with Crippen LogP contribution in [0.4, 0.5) is 0 Å². The Kier molecular flexibility index (Phi) is 3.70. The Labute approximate surface area is 122 Å². The Balaban J connectivity index is 1.80. The van der Waals surface area contributed by atoms with Gasteiger partial charge in [-0.2, -0.15) is 0 Å². The van der Waals surface area contributed by atoms with E-state index in [9.17, 15) is 5.11 Å². The summed E-state index contributed by atoms with van der Waals surface area (Å²) >= 11 is 0. The van der Waals surface area contributed by atoms with Gasteiger partial charge in [-0.05, 0) is 19.9 Å². The van der Waals surface area contributed by atoms with E-state index < -0.39 is 0 Å². The van der Waals surface area contributed by atoms with Crippen molar-refractivity contribution >= 4 is 0 Å². The average Bonchev–Trinajstić information content (AvgIpc) is 3.12. The molecule has 0 bridgehead atoms. The maximum atomic E-state index is 9.46. The second kappa shape index (κ2) is 5.65. The highest BCUT2D eigenvalue weighted by molar-refractivity contribution is 5.51. The third kappa shape index (κ3) is 2.67. The highest BCUT2D eigenvalue weighted by Crippen LogP contribution is 2.38. The predicted octanol–water partition coefficient (Wildman–Crippen LogP) is 2.26. The van der Waals surface area contributed by atoms with Gasteiger partial charge in [0.1, 0.15) is 12.4 Å². The molecule has 1 aliphatic rings. The van der Waals surface area contributed by atoms with Gasteiger partial charge < -0.3 is 23.9 Å². The van der Waals surface area contributed by atoms with Crippen molar-refractivity contribution in [3.8, 4) is 17.2 Å². The Hall–Kier alpha value is -2.21. The van der Waals surface area contributed by atoms with Crippen LogP contribution in [0, 0.1) is 0 Å². The first kappa shape index (κ1) is 13.8. The number of rotatable bonds is 5. The van der Waals surface area contributed by atoms with Crippen LogP contribution in [0.5, 0.6) is 17.2 Å². The van der Waals surface area contributed by atoms with Gasteiger partial charge in [-0.3, -0.25) is 0 Å². The SMILES string of the molecule is CC(C)n1cncc1COc1cc2c(cc1CO)OCO2. The molecule has 2 aromatic rings. The molecule has 0 fully saturated rings. The zero-order valence-electron chi connectivity index (χ0n) is 12.1. The van der Waals surface area contributed by atoms with Crippen molar-refractivity contribution < 1.29 is 19.3 Å². The summed E-state index contributed by atoms with van der Waals surface area (Å²) < 4.78 is 18.5. The van der Waals surface area contributed by atoms with E-state index in [1.165, 1.54) is 0 Å². The molecule has 6 heteroatoms. The Morgan fingerprint density at radius 2 is 2.10 bits per heavy atom. The lowest BCUT2D eigenvalue weighted by atomic mass is 10.2. The lowest BCUT2D eigenvalue weighted by Gasteiger charge is -2.14. The van der Waals surface area contributed by atoms with Crippen molar-refractivity contribution in [1.82, 2.24) is 9.55 Å². The Morgan fingerprint density at radius 3 is 2.81 bits per heavy atom. The van der Waals surface area contributed by atoms with Gasteiger partial charge in [0, 0.05) is 17.7 Å². The molecule has 0 aliphatic carbocycles. The number of benzene rings is 1. The molecule has 0 radical (unpaired) electrons. The number of ether oxygens (including phenoxy) is 3. The molecule has 0 unspecified atom stereocenters. The summed E-state index contributed by atoms with van der Waals surface area (Å²) in [5.41, 5.74) is 1.65. The van der Waals surface area contributed by atoms with Gasteiger partial charge in [0.15, 0.2) is 11.5 Å². The summed E-state index contributed by atoms with van der Waals surface area (Å²) in [5.74, 6) is 1.87. The van der Waals surface area contributed by atoms with Crippen molar-refractivity contribution in [1.29, 1.82) is 0 Å². The number of aliphatic hydroxyl groups excluding tert-OH is 1. The first-order valence-electron chi connectivity index (χ1n) is 6.86. The zero-order chi connectivity index (χ0) is 14.8. The van der Waals surface area contributed by atoms with E-state index in [1.54, 1.807) is 24.7 Å². The molecule has 1 aliphatic heterocycles. The number of hydrogen-bond acceptors (Lipinski definition) is 5. The van der Waals surface area contributed by atoms with Crippen LogP contribution in [0.3, 0.4) is 0 Å². The third-order valence-corrected chi connectivity index (χ3v) is 3.40. The van der Waals surface area contributed by atoms with Crippen LogP contribution < -0.4 is 14.2 Å². The largest absolute Gasteiger partial charge is 0.487 e. The second-order valence-electron chi connectivity index (χ2n) is 5.15. The van der Waals surface area contributed by atoms with Crippen molar-refractivity contribution in [2.45, 2.75) is 33.1 Å². The lowest BCUT2D eigenvalue weighted by molar-refractivity contribution is 0.173. The molecule has 0 spiro atoms. The van der Waals surface area contributed by atoms with Crippen LogP contribution in [0.15, 0.2) is 24.7 Å². The van der Waals surface area contributed by atoms with E-state index in [2.05, 4.69) is 18.8 Å². The molecule has 2 heterocycles. The number of imidazole rings is 1. The number of nitrogens with zero attached hydrogens (tertiary/aromatic N) is 2. The Morgan fingerprint density at radius 1 is 1.33 bits per heavy atom. The number of hydrogen-bond donors (Lipinski definition) is 1. The third-order valence-electron chi connectivity index (χ3n) is 3.40. The van der Waals surface area contributed by atoms with Gasteiger partial charge in [0.05, 0.1) is 24.8 Å². The summed E-state index contributed by atoms with van der Waals surface area (Å²) in [4.78, 5) is 4.14. The van der Waals surface area contributed by atoms with E-state index in [4.69, 9.17) is 14.2 Å². The second-order valence-corrected chi connectivity index (χ2v) is 5.15. The number of fused-ring (bicyclic) bond motifs is 1. The summed E-state index contributed by atoms with van der Waals surface area (Å²) in [6.07, 6.45) is 3.57. The average molecular weight is 290 g/mol. The highest BCUT2D eigenvalue weighted by atomic mass is 16.7. The number of aromatic nitrogens is 2. The molecule has 0 saturated heterocycles. The lowest BCUT2D eigenvalue weighted by Crippen LogP contribution is -2.08. The summed E-state index contributed by atoms with van der Waals surface area (Å²) in [5, 5.41) is 9.46. The minimum atomic E-state index is -0.116. The van der Waals surface area contributed by atoms with E-state index >= 15 is 0 Å². The Bertz CT molecular complexity index is 637. The molecule has 112 valence electrons. The predicted molar refractivity (Wildman–Crippen MR) is 75.4 cm³/mol. The molecule has 21 heavy (non-hydrogen) atoms. The topological polar surface area (TPSA) is 65.7 Å². The van der Waals surface area contributed by atoms with Crippen molar-refractivity contribution in [3.63, 3.8) is 0 Å². The molecule has 6 nitrogen and oxygen atoms in total. The molecule has 3 rings (SSSR count). The summed E-state index contributed by atoms with van der Waals surface area (Å²) in [6, 6.07) is 3.82. The molecular weight excluding hydrogens is 272 g/mol. The van der Waals surface area contributed by atoms with Crippen molar-refractivity contribution in [2.24, 2.45) is 0 Å². The zero-order valence-corrected chi connectivity index (χ0v) is 12.1. The quantitative estimate of drug-likeness (QED) is 0.915. The fourth-order valence-electron chi connectivity index (χ4n) is 2.28. The molecule has 0 atom stereocenters. The van der Waals surface area contributed by atoms with Gasteiger partial charge >= 0.3 is 0 Å². The molecule has 1 N–H and O–H groups in total. The van der Waals surface area contributed by atoms with E-state index in [0.29, 0.717) is 35.5 Å². The van der Waals surface area contributed by atoms with Crippen LogP contribution in [0.1, 0.15) is 31.1 Å². The van der Waals surface area contributed by atoms with E-state index in [0.717, 1.165) is 5.69 Å². The molecular formula is C15H18N2O4. The first-order valence-corrected chi connectivity index (χ1v) is 6.86. The van der Waals surface area contributed by atoms with Gasteiger partial charge in [-0.15, -0.1) is 0 Å². The van der Waals surface area contributed by atoms with Gasteiger partial charge in [-0.25, -0.2) is 4.98 Å². The fourth-order valence-corrected chi connectivity index (χ4v) is 2.28. The monoisotopic (exact) mass is 290 g/mol. The van der Waals surface area contributed by atoms with E-state index in [1.807, 2.05) is 4.57 Å². The fraction of sp³-hybridized carbons (Fsp3) is 0.400. The van der Waals surface area contributed by atoms with Crippen molar-refractivity contribution in [3.05, 3.63) is 35.9 Å². The molecule has 0 amide bonds. The first-order chi connectivity index (χ1) is 10.2. The molecule has 0 saturated carbocycles. The highest BCUT2D eigenvalue weighted by Gasteiger charge is 2.18. The minimum absolute atomic E-state index is 0.116. The standard InChI is InChI=1S/C15H18N2O4/c1-10(2)17-8-16-5-12(17)7-19-13-4-15-14(20-9-21-15)3-11(13)6-18/h3-5,8,10,18H,6-7,9H2,1-2H3. The van der Waals surface area contributed by atoms with Gasteiger partial charge in [0.2, 0.25) is 6.79 Å². The minimum Gasteiger partial charge on any atom is -0.487 e. The normalized spacial score (nSPS) is 13.0. The molecule has 1 aromatic heterocycles. The maximum absolute atomic E-state index is 9.46. The van der Waals surface area contributed by atoms with Crippen LogP contribution >= 0.6 is 0 Å². The van der Waals surface area contributed by atoms with E-state index in [-0.39, 0.29) is 13.4 Å². The number of aliphatic hydroxyl groups is 1. The van der Waals surface area contributed by atoms with Crippen LogP contribution in [0.2, 0.25) is 0 Å². The van der Waals surface area contributed by atoms with Crippen molar-refractivity contribution in [2.75, 3.05) is 6.79 Å². The van der Waals surface area contributed by atoms with Crippen LogP contribution in [-0.4, -0.2) is 21.5 Å². The molecule has 1 aromatic carbocycles. The van der Waals surface area contributed by atoms with Crippen LogP contribution in [-0.2, 0) is 13.2 Å².